The zero-order valence-corrected chi connectivity index (χ0v) is 9.41. The molecule has 0 saturated heterocycles. The molecule has 0 fully saturated rings. The Morgan fingerprint density at radius 2 is 2.25 bits per heavy atom. The third-order valence-corrected chi connectivity index (χ3v) is 1.95. The fourth-order valence-corrected chi connectivity index (χ4v) is 1.32. The van der Waals surface area contributed by atoms with E-state index in [-0.39, 0.29) is 12.5 Å². The molecule has 0 spiro atoms. The predicted octanol–water partition coefficient (Wildman–Crippen LogP) is 1.06. The summed E-state index contributed by atoms with van der Waals surface area (Å²) in [6.45, 7) is 1.92. The Kier molecular flexibility index (Phi) is 4.60. The number of hydrogen-bond donors (Lipinski definition) is 3. The van der Waals surface area contributed by atoms with Crippen molar-refractivity contribution in [3.63, 3.8) is 0 Å². The number of rotatable bonds is 5. The molecule has 0 bridgehead atoms. The lowest BCUT2D eigenvalue weighted by Crippen LogP contribution is -2.09. The zero-order chi connectivity index (χ0) is 12.0. The quantitative estimate of drug-likeness (QED) is 0.699. The van der Waals surface area contributed by atoms with Crippen LogP contribution in [0.2, 0.25) is 0 Å². The van der Waals surface area contributed by atoms with Crippen LogP contribution < -0.4 is 15.4 Å². The Morgan fingerprint density at radius 1 is 1.50 bits per heavy atom. The second-order valence-electron chi connectivity index (χ2n) is 3.25. The lowest BCUT2D eigenvalue weighted by molar-refractivity contribution is -0.114. The van der Waals surface area contributed by atoms with E-state index >= 15 is 0 Å². The van der Waals surface area contributed by atoms with E-state index in [1.54, 1.807) is 25.3 Å². The van der Waals surface area contributed by atoms with Gasteiger partial charge in [-0.05, 0) is 18.2 Å². The normalized spacial score (nSPS) is 9.69. The summed E-state index contributed by atoms with van der Waals surface area (Å²) in [6, 6.07) is 5.27. The molecule has 0 aromatic heterocycles. The number of methoxy groups -OCH3 is 1. The van der Waals surface area contributed by atoms with Crippen molar-refractivity contribution >= 4 is 17.3 Å². The Bertz CT molecular complexity index is 366. The standard InChI is InChI=1S/C11H16N2O3/c1-8(15)13-9-3-4-11(16-2)10(7-9)12-5-6-14/h3-4,7,12,14H,5-6H2,1-2H3,(H,13,15). The molecular formula is C11H16N2O3. The molecule has 16 heavy (non-hydrogen) atoms. The van der Waals surface area contributed by atoms with Crippen molar-refractivity contribution in [1.29, 1.82) is 0 Å². The molecule has 1 rings (SSSR count). The number of aliphatic hydroxyl groups excluding tert-OH is 1. The first-order valence-corrected chi connectivity index (χ1v) is 4.97. The Morgan fingerprint density at radius 3 is 2.81 bits per heavy atom. The predicted molar refractivity (Wildman–Crippen MR) is 62.9 cm³/mol. The van der Waals surface area contributed by atoms with Crippen LogP contribution >= 0.6 is 0 Å². The van der Waals surface area contributed by atoms with Gasteiger partial charge in [-0.25, -0.2) is 0 Å². The third kappa shape index (κ3) is 3.43. The number of benzene rings is 1. The highest BCUT2D eigenvalue weighted by atomic mass is 16.5. The van der Waals surface area contributed by atoms with Crippen LogP contribution in [0.4, 0.5) is 11.4 Å². The van der Waals surface area contributed by atoms with Crippen LogP contribution in [0.15, 0.2) is 18.2 Å². The zero-order valence-electron chi connectivity index (χ0n) is 9.41. The van der Waals surface area contributed by atoms with Crippen molar-refractivity contribution in [2.75, 3.05) is 30.9 Å². The van der Waals surface area contributed by atoms with Crippen LogP contribution in [0.25, 0.3) is 0 Å². The number of aliphatic hydroxyl groups is 1. The van der Waals surface area contributed by atoms with Gasteiger partial charge >= 0.3 is 0 Å². The van der Waals surface area contributed by atoms with Crippen LogP contribution in [0, 0.1) is 0 Å². The maximum absolute atomic E-state index is 10.9. The summed E-state index contributed by atoms with van der Waals surface area (Å²) in [4.78, 5) is 10.9. The Balaban J connectivity index is 2.87. The van der Waals surface area contributed by atoms with Gasteiger partial charge in [0, 0.05) is 19.2 Å². The summed E-state index contributed by atoms with van der Waals surface area (Å²) >= 11 is 0. The third-order valence-electron chi connectivity index (χ3n) is 1.95. The number of carbonyl (C=O) groups excluding carboxylic acids is 1. The average Bonchev–Trinajstić information content (AvgIpc) is 2.25. The summed E-state index contributed by atoms with van der Waals surface area (Å²) in [5.41, 5.74) is 1.43. The monoisotopic (exact) mass is 224 g/mol. The minimum Gasteiger partial charge on any atom is -0.495 e. The molecule has 0 radical (unpaired) electrons. The van der Waals surface area contributed by atoms with Gasteiger partial charge in [0.15, 0.2) is 0 Å². The van der Waals surface area contributed by atoms with Gasteiger partial charge < -0.3 is 20.5 Å². The van der Waals surface area contributed by atoms with Crippen molar-refractivity contribution < 1.29 is 14.6 Å². The first kappa shape index (κ1) is 12.3. The minimum atomic E-state index is -0.127. The van der Waals surface area contributed by atoms with Gasteiger partial charge in [0.1, 0.15) is 5.75 Å². The number of hydrogen-bond acceptors (Lipinski definition) is 4. The van der Waals surface area contributed by atoms with Crippen LogP contribution in [0.3, 0.4) is 0 Å². The molecule has 88 valence electrons. The van der Waals surface area contributed by atoms with Crippen LogP contribution in [0.5, 0.6) is 5.75 Å². The second-order valence-corrected chi connectivity index (χ2v) is 3.25. The molecule has 0 saturated carbocycles. The summed E-state index contributed by atoms with van der Waals surface area (Å²) in [5, 5.41) is 14.4. The van der Waals surface area contributed by atoms with E-state index in [4.69, 9.17) is 9.84 Å². The fraction of sp³-hybridized carbons (Fsp3) is 0.364. The van der Waals surface area contributed by atoms with Crippen LogP contribution in [-0.4, -0.2) is 31.3 Å². The fourth-order valence-electron chi connectivity index (χ4n) is 1.32. The molecule has 0 aliphatic carbocycles. The largest absolute Gasteiger partial charge is 0.495 e. The van der Waals surface area contributed by atoms with E-state index in [0.717, 1.165) is 5.69 Å². The molecular weight excluding hydrogens is 208 g/mol. The number of nitrogens with one attached hydrogen (secondary N) is 2. The van der Waals surface area contributed by atoms with Gasteiger partial charge in [-0.3, -0.25) is 4.79 Å². The van der Waals surface area contributed by atoms with E-state index in [9.17, 15) is 4.79 Å². The molecule has 0 heterocycles. The van der Waals surface area contributed by atoms with Gasteiger partial charge in [0.05, 0.1) is 19.4 Å². The number of ether oxygens (including phenoxy) is 1. The lowest BCUT2D eigenvalue weighted by Gasteiger charge is -2.12. The number of anilines is 2. The van der Waals surface area contributed by atoms with Gasteiger partial charge in [0.2, 0.25) is 5.91 Å². The molecule has 1 amide bonds. The summed E-state index contributed by atoms with van der Waals surface area (Å²) in [7, 11) is 1.57. The van der Waals surface area contributed by atoms with Crippen molar-refractivity contribution in [2.45, 2.75) is 6.92 Å². The molecule has 3 N–H and O–H groups in total. The van der Waals surface area contributed by atoms with Crippen molar-refractivity contribution in [3.8, 4) is 5.75 Å². The molecule has 1 aromatic carbocycles. The summed E-state index contributed by atoms with van der Waals surface area (Å²) in [6.07, 6.45) is 0. The second kappa shape index (κ2) is 5.97. The average molecular weight is 224 g/mol. The first-order valence-electron chi connectivity index (χ1n) is 4.97. The van der Waals surface area contributed by atoms with E-state index in [2.05, 4.69) is 10.6 Å². The molecule has 5 nitrogen and oxygen atoms in total. The Labute approximate surface area is 94.4 Å². The van der Waals surface area contributed by atoms with Gasteiger partial charge in [-0.15, -0.1) is 0 Å². The van der Waals surface area contributed by atoms with E-state index < -0.39 is 0 Å². The maximum atomic E-state index is 10.9. The summed E-state index contributed by atoms with van der Waals surface area (Å²) < 4.78 is 5.15. The highest BCUT2D eigenvalue weighted by molar-refractivity contribution is 5.89. The number of amides is 1. The van der Waals surface area contributed by atoms with Gasteiger partial charge in [0.25, 0.3) is 0 Å². The van der Waals surface area contributed by atoms with E-state index in [1.165, 1.54) is 6.92 Å². The van der Waals surface area contributed by atoms with E-state index in [1.807, 2.05) is 0 Å². The first-order chi connectivity index (χ1) is 7.67. The molecule has 1 aromatic rings. The lowest BCUT2D eigenvalue weighted by atomic mass is 10.2. The van der Waals surface area contributed by atoms with Gasteiger partial charge in [-0.1, -0.05) is 0 Å². The molecule has 0 aliphatic heterocycles. The van der Waals surface area contributed by atoms with E-state index in [0.29, 0.717) is 18.0 Å². The van der Waals surface area contributed by atoms with Crippen molar-refractivity contribution in [1.82, 2.24) is 0 Å². The Hall–Kier alpha value is -1.75. The highest BCUT2D eigenvalue weighted by Crippen LogP contribution is 2.27. The maximum Gasteiger partial charge on any atom is 0.221 e. The molecule has 5 heteroatoms. The van der Waals surface area contributed by atoms with Crippen LogP contribution in [-0.2, 0) is 4.79 Å². The highest BCUT2D eigenvalue weighted by Gasteiger charge is 2.04. The minimum absolute atomic E-state index is 0.0352. The molecule has 0 atom stereocenters. The topological polar surface area (TPSA) is 70.6 Å². The smallest absolute Gasteiger partial charge is 0.221 e. The van der Waals surface area contributed by atoms with Crippen molar-refractivity contribution in [3.05, 3.63) is 18.2 Å². The van der Waals surface area contributed by atoms with Crippen molar-refractivity contribution in [2.24, 2.45) is 0 Å². The van der Waals surface area contributed by atoms with Crippen LogP contribution in [0.1, 0.15) is 6.92 Å². The molecule has 0 unspecified atom stereocenters. The SMILES string of the molecule is COc1ccc(NC(C)=O)cc1NCCO. The molecule has 0 aliphatic rings. The summed E-state index contributed by atoms with van der Waals surface area (Å²) in [5.74, 6) is 0.542. The van der Waals surface area contributed by atoms with Gasteiger partial charge in [-0.2, -0.15) is 0 Å². The number of carbonyl (C=O) groups is 1.